The Hall–Kier alpha value is -5.66. The molecule has 2 aliphatic rings. The number of fused-ring (bicyclic) bond motifs is 10. The van der Waals surface area contributed by atoms with Crippen LogP contribution in [0.2, 0.25) is 0 Å². The van der Waals surface area contributed by atoms with Crippen molar-refractivity contribution in [1.29, 1.82) is 0 Å². The lowest BCUT2D eigenvalue weighted by Crippen LogP contribution is -2.16. The van der Waals surface area contributed by atoms with Crippen LogP contribution in [0.25, 0.3) is 54.6 Å². The van der Waals surface area contributed by atoms with Crippen LogP contribution in [0.3, 0.4) is 0 Å². The van der Waals surface area contributed by atoms with Gasteiger partial charge in [-0.05, 0) is 162 Å². The van der Waals surface area contributed by atoms with Gasteiger partial charge in [-0.15, -0.1) is 0 Å². The largest absolute Gasteiger partial charge is 0.310 e. The summed E-state index contributed by atoms with van der Waals surface area (Å²) in [5.74, 6) is 0. The zero-order valence-corrected chi connectivity index (χ0v) is 30.2. The monoisotopic (exact) mass is 655 g/mol. The molecule has 0 spiro atoms. The zero-order chi connectivity index (χ0) is 34.8. The normalized spacial score (nSPS) is 14.8. The highest BCUT2D eigenvalue weighted by Gasteiger charge is 2.38. The zero-order valence-electron chi connectivity index (χ0n) is 30.2. The van der Waals surface area contributed by atoms with E-state index in [1.165, 1.54) is 105 Å². The molecule has 0 saturated carbocycles. The first-order valence-corrected chi connectivity index (χ1v) is 18.3. The Labute approximate surface area is 300 Å². The summed E-state index contributed by atoms with van der Waals surface area (Å²) in [6.07, 6.45) is 0. The molecule has 0 N–H and O–H groups in total. The lowest BCUT2D eigenvalue weighted by molar-refractivity contribution is 0.661. The molecule has 0 heterocycles. The summed E-state index contributed by atoms with van der Waals surface area (Å²) in [6, 6.07) is 53.0. The molecule has 8 aromatic rings. The first kappa shape index (κ1) is 30.2. The van der Waals surface area contributed by atoms with Crippen LogP contribution < -0.4 is 4.90 Å². The number of hydrogen-bond acceptors (Lipinski definition) is 1. The van der Waals surface area contributed by atoms with Gasteiger partial charge in [0.15, 0.2) is 0 Å². The van der Waals surface area contributed by atoms with E-state index in [2.05, 4.69) is 186 Å². The average molecular weight is 656 g/mol. The molecule has 51 heavy (non-hydrogen) atoms. The summed E-state index contributed by atoms with van der Waals surface area (Å²) in [7, 11) is 0. The minimum atomic E-state index is -0.117. The van der Waals surface area contributed by atoms with E-state index in [0.29, 0.717) is 0 Å². The number of nitrogens with zero attached hydrogens (tertiary/aromatic N) is 1. The summed E-state index contributed by atoms with van der Waals surface area (Å²) < 4.78 is 0. The van der Waals surface area contributed by atoms with Gasteiger partial charge in [0.1, 0.15) is 0 Å². The molecular weight excluding hydrogens is 615 g/mol. The Morgan fingerprint density at radius 2 is 0.902 bits per heavy atom. The Morgan fingerprint density at radius 3 is 1.63 bits per heavy atom. The molecule has 0 unspecified atom stereocenters. The third-order valence-electron chi connectivity index (χ3n) is 12.0. The Morgan fingerprint density at radius 1 is 0.373 bits per heavy atom. The van der Waals surface area contributed by atoms with Crippen molar-refractivity contribution in [2.24, 2.45) is 0 Å². The van der Waals surface area contributed by atoms with Crippen LogP contribution in [-0.2, 0) is 10.8 Å². The van der Waals surface area contributed by atoms with Crippen molar-refractivity contribution in [3.05, 3.63) is 173 Å². The molecule has 1 heteroatoms. The predicted molar refractivity (Wildman–Crippen MR) is 218 cm³/mol. The first-order chi connectivity index (χ1) is 24.6. The lowest BCUT2D eigenvalue weighted by Gasteiger charge is -2.29. The molecule has 0 aliphatic heterocycles. The Kier molecular flexibility index (Phi) is 6.18. The van der Waals surface area contributed by atoms with Crippen LogP contribution in [0.1, 0.15) is 61.1 Å². The van der Waals surface area contributed by atoms with Crippen LogP contribution >= 0.6 is 0 Å². The summed E-state index contributed by atoms with van der Waals surface area (Å²) in [5, 5.41) is 7.78. The van der Waals surface area contributed by atoms with E-state index in [-0.39, 0.29) is 10.8 Å². The van der Waals surface area contributed by atoms with E-state index in [4.69, 9.17) is 0 Å². The number of rotatable bonds is 3. The lowest BCUT2D eigenvalue weighted by atomic mass is 9.81. The van der Waals surface area contributed by atoms with Gasteiger partial charge in [-0.3, -0.25) is 0 Å². The minimum absolute atomic E-state index is 0.0863. The van der Waals surface area contributed by atoms with Crippen LogP contribution in [0.15, 0.2) is 140 Å². The van der Waals surface area contributed by atoms with Gasteiger partial charge in [-0.1, -0.05) is 107 Å². The van der Waals surface area contributed by atoms with Crippen molar-refractivity contribution in [3.63, 3.8) is 0 Å². The van der Waals surface area contributed by atoms with E-state index in [0.717, 1.165) is 0 Å². The maximum atomic E-state index is 2.47. The number of hydrogen-bond donors (Lipinski definition) is 0. The number of aryl methyl sites for hydroxylation is 2. The van der Waals surface area contributed by atoms with Gasteiger partial charge in [-0.2, -0.15) is 0 Å². The fraction of sp³-hybridized carbons (Fsp3) is 0.160. The van der Waals surface area contributed by atoms with Crippen molar-refractivity contribution in [2.75, 3.05) is 4.90 Å². The fourth-order valence-electron chi connectivity index (χ4n) is 9.45. The van der Waals surface area contributed by atoms with Crippen LogP contribution in [-0.4, -0.2) is 0 Å². The van der Waals surface area contributed by atoms with Crippen LogP contribution in [0, 0.1) is 13.8 Å². The highest BCUT2D eigenvalue weighted by molar-refractivity contribution is 6.03. The van der Waals surface area contributed by atoms with E-state index in [9.17, 15) is 0 Å². The van der Waals surface area contributed by atoms with Crippen LogP contribution in [0.5, 0.6) is 0 Å². The number of benzene rings is 8. The van der Waals surface area contributed by atoms with Crippen molar-refractivity contribution < 1.29 is 0 Å². The Balaban J connectivity index is 1.15. The van der Waals surface area contributed by atoms with Crippen molar-refractivity contribution in [1.82, 2.24) is 0 Å². The Bertz CT molecular complexity index is 2760. The topological polar surface area (TPSA) is 3.24 Å². The second kappa shape index (κ2) is 10.4. The van der Waals surface area contributed by atoms with Crippen LogP contribution in [0.4, 0.5) is 17.1 Å². The number of anilines is 3. The van der Waals surface area contributed by atoms with Gasteiger partial charge in [-0.25, -0.2) is 0 Å². The standard InChI is InChI=1S/C50H41N/c1-30-21-31(2)23-39(22-30)51(38-18-19-41-47(29-38)49(3,4)44-20-16-32-11-9-10-14-40(32)48(41)44)37-17-15-35-26-43-42-25-33-12-7-8-13-34(33)27-45(42)50(5,6)46(43)28-36(35)24-37/h7-29H,1-6H3. The first-order valence-electron chi connectivity index (χ1n) is 18.3. The molecule has 0 amide bonds. The highest BCUT2D eigenvalue weighted by atomic mass is 15.1. The van der Waals surface area contributed by atoms with Gasteiger partial charge in [0, 0.05) is 27.9 Å². The van der Waals surface area contributed by atoms with Crippen molar-refractivity contribution in [2.45, 2.75) is 52.4 Å². The maximum Gasteiger partial charge on any atom is 0.0468 e. The van der Waals surface area contributed by atoms with Crippen molar-refractivity contribution in [3.8, 4) is 22.3 Å². The average Bonchev–Trinajstić information content (AvgIpc) is 3.48. The molecule has 0 aromatic heterocycles. The van der Waals surface area contributed by atoms with Gasteiger partial charge in [0.05, 0.1) is 0 Å². The van der Waals surface area contributed by atoms with E-state index in [1.807, 2.05) is 0 Å². The van der Waals surface area contributed by atoms with Gasteiger partial charge in [0.2, 0.25) is 0 Å². The second-order valence-electron chi connectivity index (χ2n) is 16.0. The second-order valence-corrected chi connectivity index (χ2v) is 16.0. The molecule has 8 aromatic carbocycles. The van der Waals surface area contributed by atoms with Gasteiger partial charge >= 0.3 is 0 Å². The molecule has 0 saturated heterocycles. The molecule has 1 nitrogen and oxygen atoms in total. The summed E-state index contributed by atoms with van der Waals surface area (Å²) >= 11 is 0. The third kappa shape index (κ3) is 4.34. The van der Waals surface area contributed by atoms with E-state index in [1.54, 1.807) is 0 Å². The molecule has 0 radical (unpaired) electrons. The molecular formula is C50H41N. The molecule has 0 atom stereocenters. The molecule has 0 bridgehead atoms. The quantitative estimate of drug-likeness (QED) is 0.183. The van der Waals surface area contributed by atoms with Gasteiger partial charge < -0.3 is 4.90 Å². The summed E-state index contributed by atoms with van der Waals surface area (Å²) in [6.45, 7) is 14.0. The molecule has 0 fully saturated rings. The summed E-state index contributed by atoms with van der Waals surface area (Å²) in [4.78, 5) is 2.47. The maximum absolute atomic E-state index is 2.47. The minimum Gasteiger partial charge on any atom is -0.310 e. The van der Waals surface area contributed by atoms with E-state index >= 15 is 0 Å². The fourth-order valence-corrected chi connectivity index (χ4v) is 9.45. The molecule has 2 aliphatic carbocycles. The van der Waals surface area contributed by atoms with Gasteiger partial charge in [0.25, 0.3) is 0 Å². The summed E-state index contributed by atoms with van der Waals surface area (Å²) in [5.41, 5.74) is 16.9. The highest BCUT2D eigenvalue weighted by Crippen LogP contribution is 2.54. The van der Waals surface area contributed by atoms with E-state index < -0.39 is 0 Å². The molecule has 10 rings (SSSR count). The molecule has 246 valence electrons. The smallest absolute Gasteiger partial charge is 0.0468 e. The SMILES string of the molecule is Cc1cc(C)cc(N(c2ccc3c(c2)C(C)(C)c2ccc4ccccc4c2-3)c2ccc3cc4c(cc3c2)C(C)(C)c2cc3ccccc3cc2-4)c1. The predicted octanol–water partition coefficient (Wildman–Crippen LogP) is 13.8. The van der Waals surface area contributed by atoms with Crippen molar-refractivity contribution >= 4 is 49.4 Å². The third-order valence-corrected chi connectivity index (χ3v) is 12.0.